The zero-order chi connectivity index (χ0) is 20.9. The number of carbonyl (C=O) groups excluding carboxylic acids is 1. The molecule has 0 spiro atoms. The number of aromatic nitrogens is 2. The van der Waals surface area contributed by atoms with E-state index in [1.165, 1.54) is 25.3 Å². The summed E-state index contributed by atoms with van der Waals surface area (Å²) < 4.78 is 14.1. The van der Waals surface area contributed by atoms with E-state index in [-0.39, 0.29) is 17.4 Å². The molecule has 2 aromatic heterocycles. The summed E-state index contributed by atoms with van der Waals surface area (Å²) in [6.07, 6.45) is 9.47. The first-order chi connectivity index (χ1) is 14.6. The number of pyridine rings is 2. The second-order valence-corrected chi connectivity index (χ2v) is 8.13. The molecule has 1 aromatic carbocycles. The van der Waals surface area contributed by atoms with Crippen molar-refractivity contribution >= 4 is 11.6 Å². The number of rotatable bonds is 4. The molecule has 0 aliphatic heterocycles. The summed E-state index contributed by atoms with van der Waals surface area (Å²) in [6, 6.07) is 13.5. The third-order valence-electron chi connectivity index (χ3n) is 5.86. The van der Waals surface area contributed by atoms with Gasteiger partial charge in [-0.2, -0.15) is 0 Å². The van der Waals surface area contributed by atoms with Crippen molar-refractivity contribution in [1.29, 1.82) is 0 Å². The van der Waals surface area contributed by atoms with Gasteiger partial charge in [0, 0.05) is 11.8 Å². The van der Waals surface area contributed by atoms with Gasteiger partial charge < -0.3 is 5.32 Å². The quantitative estimate of drug-likeness (QED) is 0.526. The summed E-state index contributed by atoms with van der Waals surface area (Å²) in [4.78, 5) is 21.6. The van der Waals surface area contributed by atoms with Crippen LogP contribution in [0.15, 0.2) is 60.9 Å². The predicted molar refractivity (Wildman–Crippen MR) is 117 cm³/mol. The van der Waals surface area contributed by atoms with Crippen molar-refractivity contribution in [3.63, 3.8) is 0 Å². The van der Waals surface area contributed by atoms with Gasteiger partial charge in [-0.3, -0.25) is 9.78 Å². The molecular formula is C25H26FN3O. The smallest absolute Gasteiger partial charge is 0.274 e. The lowest BCUT2D eigenvalue weighted by Crippen LogP contribution is -2.16. The Morgan fingerprint density at radius 1 is 1.07 bits per heavy atom. The number of carbonyl (C=O) groups is 1. The van der Waals surface area contributed by atoms with Crippen LogP contribution in [0.1, 0.15) is 61.0 Å². The molecule has 0 bridgehead atoms. The third-order valence-corrected chi connectivity index (χ3v) is 5.86. The predicted octanol–water partition coefficient (Wildman–Crippen LogP) is 6.22. The highest BCUT2D eigenvalue weighted by Gasteiger charge is 2.22. The summed E-state index contributed by atoms with van der Waals surface area (Å²) in [6.45, 7) is 2.30. The van der Waals surface area contributed by atoms with E-state index in [9.17, 15) is 9.18 Å². The molecule has 1 fully saturated rings. The molecule has 1 aliphatic carbocycles. The average molecular weight is 404 g/mol. The van der Waals surface area contributed by atoms with E-state index in [1.54, 1.807) is 48.8 Å². The molecule has 2 unspecified atom stereocenters. The van der Waals surface area contributed by atoms with E-state index in [0.29, 0.717) is 23.1 Å². The molecule has 154 valence electrons. The molecule has 5 heteroatoms. The maximum atomic E-state index is 14.1. The molecule has 4 rings (SSSR count). The van der Waals surface area contributed by atoms with Crippen molar-refractivity contribution in [2.24, 2.45) is 5.92 Å². The second-order valence-electron chi connectivity index (χ2n) is 8.13. The standard InChI is InChI=1S/C25H26FN3O/c1-17-7-2-3-8-18(15-17)19-13-14-27-16-24(19)29-25(30)23-12-6-11-22(28-23)20-9-4-5-10-21(20)26/h4-6,9-14,16-18H,2-3,7-8,15H2,1H3,(H,29,30). The van der Waals surface area contributed by atoms with E-state index < -0.39 is 0 Å². The molecule has 2 atom stereocenters. The number of hydrogen-bond acceptors (Lipinski definition) is 3. The molecule has 1 amide bonds. The lowest BCUT2D eigenvalue weighted by molar-refractivity contribution is 0.102. The van der Waals surface area contributed by atoms with Crippen LogP contribution in [-0.2, 0) is 0 Å². The highest BCUT2D eigenvalue weighted by atomic mass is 19.1. The van der Waals surface area contributed by atoms with Crippen LogP contribution in [0.4, 0.5) is 10.1 Å². The first kappa shape index (κ1) is 20.2. The third kappa shape index (κ3) is 4.56. The number of benzene rings is 1. The molecule has 0 radical (unpaired) electrons. The fourth-order valence-electron chi connectivity index (χ4n) is 4.32. The summed E-state index contributed by atoms with van der Waals surface area (Å²) in [5.74, 6) is 0.413. The molecule has 2 heterocycles. The Balaban J connectivity index is 1.58. The van der Waals surface area contributed by atoms with Crippen molar-refractivity contribution in [2.45, 2.75) is 44.9 Å². The Kier molecular flexibility index (Phi) is 6.17. The first-order valence-corrected chi connectivity index (χ1v) is 10.6. The Bertz CT molecular complexity index is 1040. The highest BCUT2D eigenvalue weighted by molar-refractivity contribution is 6.03. The van der Waals surface area contributed by atoms with Gasteiger partial charge in [0.1, 0.15) is 11.5 Å². The summed E-state index contributed by atoms with van der Waals surface area (Å²) in [7, 11) is 0. The number of nitrogens with one attached hydrogen (secondary N) is 1. The van der Waals surface area contributed by atoms with Crippen LogP contribution >= 0.6 is 0 Å². The Labute approximate surface area is 176 Å². The molecule has 1 aliphatic rings. The van der Waals surface area contributed by atoms with Gasteiger partial charge in [0.15, 0.2) is 0 Å². The van der Waals surface area contributed by atoms with E-state index >= 15 is 0 Å². The number of halogens is 1. The van der Waals surface area contributed by atoms with Gasteiger partial charge in [0.05, 0.1) is 17.6 Å². The lowest BCUT2D eigenvalue weighted by Gasteiger charge is -2.20. The molecule has 3 aromatic rings. The Hall–Kier alpha value is -3.08. The highest BCUT2D eigenvalue weighted by Crippen LogP contribution is 2.37. The SMILES string of the molecule is CC1CCCCC(c2ccncc2NC(=O)c2cccc(-c3ccccc3F)n2)C1. The van der Waals surface area contributed by atoms with E-state index in [0.717, 1.165) is 24.1 Å². The molecule has 1 saturated carbocycles. The van der Waals surface area contributed by atoms with Crippen molar-refractivity contribution < 1.29 is 9.18 Å². The normalized spacial score (nSPS) is 19.1. The van der Waals surface area contributed by atoms with Crippen LogP contribution < -0.4 is 5.32 Å². The van der Waals surface area contributed by atoms with E-state index in [2.05, 4.69) is 22.2 Å². The topological polar surface area (TPSA) is 54.9 Å². The van der Waals surface area contributed by atoms with Crippen LogP contribution in [0, 0.1) is 11.7 Å². The van der Waals surface area contributed by atoms with Crippen molar-refractivity contribution in [3.05, 3.63) is 78.0 Å². The van der Waals surface area contributed by atoms with Crippen LogP contribution in [-0.4, -0.2) is 15.9 Å². The lowest BCUT2D eigenvalue weighted by atomic mass is 9.88. The van der Waals surface area contributed by atoms with Gasteiger partial charge in [0.2, 0.25) is 0 Å². The van der Waals surface area contributed by atoms with Crippen molar-refractivity contribution in [1.82, 2.24) is 9.97 Å². The van der Waals surface area contributed by atoms with Crippen molar-refractivity contribution in [2.75, 3.05) is 5.32 Å². The van der Waals surface area contributed by atoms with Gasteiger partial charge in [0.25, 0.3) is 5.91 Å². The Morgan fingerprint density at radius 3 is 2.77 bits per heavy atom. The summed E-state index contributed by atoms with van der Waals surface area (Å²) >= 11 is 0. The second kappa shape index (κ2) is 9.16. The monoisotopic (exact) mass is 403 g/mol. The fraction of sp³-hybridized carbons (Fsp3) is 0.320. The largest absolute Gasteiger partial charge is 0.319 e. The van der Waals surface area contributed by atoms with Gasteiger partial charge in [-0.1, -0.05) is 44.4 Å². The summed E-state index contributed by atoms with van der Waals surface area (Å²) in [5, 5.41) is 2.99. The van der Waals surface area contributed by atoms with E-state index in [1.807, 2.05) is 6.07 Å². The number of hydrogen-bond donors (Lipinski definition) is 1. The Morgan fingerprint density at radius 2 is 1.90 bits per heavy atom. The zero-order valence-corrected chi connectivity index (χ0v) is 17.1. The first-order valence-electron chi connectivity index (χ1n) is 10.6. The van der Waals surface area contributed by atoms with Gasteiger partial charge in [-0.05, 0) is 60.6 Å². The van der Waals surface area contributed by atoms with Crippen LogP contribution in [0.2, 0.25) is 0 Å². The molecule has 4 nitrogen and oxygen atoms in total. The zero-order valence-electron chi connectivity index (χ0n) is 17.1. The van der Waals surface area contributed by atoms with Crippen LogP contribution in [0.3, 0.4) is 0 Å². The van der Waals surface area contributed by atoms with Gasteiger partial charge in [-0.25, -0.2) is 9.37 Å². The van der Waals surface area contributed by atoms with E-state index in [4.69, 9.17) is 0 Å². The minimum Gasteiger partial charge on any atom is -0.319 e. The minimum atomic E-state index is -0.361. The fourth-order valence-corrected chi connectivity index (χ4v) is 4.32. The number of nitrogens with zero attached hydrogens (tertiary/aromatic N) is 2. The minimum absolute atomic E-state index is 0.250. The maximum absolute atomic E-state index is 14.1. The van der Waals surface area contributed by atoms with Crippen LogP contribution in [0.5, 0.6) is 0 Å². The number of anilines is 1. The van der Waals surface area contributed by atoms with Crippen molar-refractivity contribution in [3.8, 4) is 11.3 Å². The molecular weight excluding hydrogens is 377 g/mol. The average Bonchev–Trinajstić information content (AvgIpc) is 2.99. The number of amides is 1. The maximum Gasteiger partial charge on any atom is 0.274 e. The summed E-state index contributed by atoms with van der Waals surface area (Å²) in [5.41, 5.74) is 2.93. The molecule has 1 N–H and O–H groups in total. The van der Waals surface area contributed by atoms with Crippen LogP contribution in [0.25, 0.3) is 11.3 Å². The molecule has 0 saturated heterocycles. The molecule has 30 heavy (non-hydrogen) atoms. The van der Waals surface area contributed by atoms with Gasteiger partial charge >= 0.3 is 0 Å². The van der Waals surface area contributed by atoms with Gasteiger partial charge in [-0.15, -0.1) is 0 Å².